The molecule has 0 aromatic heterocycles. The maximum Gasteiger partial charge on any atom is 0.230 e. The van der Waals surface area contributed by atoms with Gasteiger partial charge in [-0.2, -0.15) is 0 Å². The van der Waals surface area contributed by atoms with E-state index in [0.29, 0.717) is 26.3 Å². The minimum atomic E-state index is -0.236. The third-order valence-corrected chi connectivity index (χ3v) is 5.41. The summed E-state index contributed by atoms with van der Waals surface area (Å²) < 4.78 is 24.6. The molecule has 2 aliphatic rings. The minimum absolute atomic E-state index is 0.105. The summed E-state index contributed by atoms with van der Waals surface area (Å²) in [7, 11) is 0. The highest BCUT2D eigenvalue weighted by atomic mass is 19.1. The smallest absolute Gasteiger partial charge is 0.230 e. The predicted octanol–water partition coefficient (Wildman–Crippen LogP) is 3.90. The van der Waals surface area contributed by atoms with Gasteiger partial charge in [0.15, 0.2) is 0 Å². The largest absolute Gasteiger partial charge is 0.493 e. The second-order valence-electron chi connectivity index (χ2n) is 7.19. The van der Waals surface area contributed by atoms with Gasteiger partial charge in [0.05, 0.1) is 25.2 Å². The number of piperidine rings is 1. The summed E-state index contributed by atoms with van der Waals surface area (Å²) in [5, 5.41) is 0. The Morgan fingerprint density at radius 3 is 2.59 bits per heavy atom. The zero-order valence-electron chi connectivity index (χ0n) is 15.3. The Morgan fingerprint density at radius 2 is 1.81 bits per heavy atom. The average Bonchev–Trinajstić information content (AvgIpc) is 2.73. The zero-order chi connectivity index (χ0) is 18.6. The van der Waals surface area contributed by atoms with Gasteiger partial charge in [-0.25, -0.2) is 4.39 Å². The highest BCUT2D eigenvalue weighted by Crippen LogP contribution is 2.35. The van der Waals surface area contributed by atoms with E-state index in [4.69, 9.17) is 9.47 Å². The van der Waals surface area contributed by atoms with Crippen LogP contribution in [0.1, 0.15) is 36.3 Å². The summed E-state index contributed by atoms with van der Waals surface area (Å²) in [5.41, 5.74) is 1.97. The van der Waals surface area contributed by atoms with E-state index >= 15 is 0 Å². The lowest BCUT2D eigenvalue weighted by Crippen LogP contribution is -2.43. The van der Waals surface area contributed by atoms with E-state index < -0.39 is 0 Å². The van der Waals surface area contributed by atoms with Crippen molar-refractivity contribution in [2.24, 2.45) is 0 Å². The van der Waals surface area contributed by atoms with Crippen molar-refractivity contribution in [1.82, 2.24) is 4.90 Å². The number of ether oxygens (including phenoxy) is 2. The maximum absolute atomic E-state index is 13.0. The van der Waals surface area contributed by atoms with Gasteiger partial charge in [-0.05, 0) is 43.0 Å². The van der Waals surface area contributed by atoms with Crippen LogP contribution in [0.15, 0.2) is 48.5 Å². The molecule has 0 N–H and O–H groups in total. The number of hydrogen-bond donors (Lipinski definition) is 0. The number of amides is 1. The van der Waals surface area contributed by atoms with E-state index in [1.807, 2.05) is 29.2 Å². The number of nitrogens with zero attached hydrogens (tertiary/aromatic N) is 1. The molecule has 5 heteroatoms. The van der Waals surface area contributed by atoms with E-state index in [-0.39, 0.29) is 23.7 Å². The fraction of sp³-hybridized carbons (Fsp3) is 0.409. The van der Waals surface area contributed by atoms with E-state index in [1.165, 1.54) is 12.1 Å². The molecule has 0 saturated carbocycles. The first kappa shape index (κ1) is 18.0. The number of rotatable bonds is 4. The Hall–Kier alpha value is -2.40. The van der Waals surface area contributed by atoms with Crippen LogP contribution in [0, 0.1) is 5.82 Å². The molecule has 2 aromatic carbocycles. The second-order valence-corrected chi connectivity index (χ2v) is 7.19. The second kappa shape index (κ2) is 8.09. The summed E-state index contributed by atoms with van der Waals surface area (Å²) in [6, 6.07) is 14.2. The van der Waals surface area contributed by atoms with Gasteiger partial charge in [-0.15, -0.1) is 0 Å². The third-order valence-electron chi connectivity index (χ3n) is 5.41. The quantitative estimate of drug-likeness (QED) is 0.820. The highest BCUT2D eigenvalue weighted by Gasteiger charge is 2.32. The van der Waals surface area contributed by atoms with E-state index in [0.717, 1.165) is 36.1 Å². The van der Waals surface area contributed by atoms with Gasteiger partial charge in [-0.3, -0.25) is 4.79 Å². The van der Waals surface area contributed by atoms with E-state index in [2.05, 4.69) is 0 Å². The van der Waals surface area contributed by atoms with Crippen LogP contribution < -0.4 is 4.74 Å². The molecule has 2 aliphatic heterocycles. The number of para-hydroxylation sites is 1. The van der Waals surface area contributed by atoms with Crippen molar-refractivity contribution in [1.29, 1.82) is 0 Å². The van der Waals surface area contributed by atoms with Gasteiger partial charge >= 0.3 is 0 Å². The van der Waals surface area contributed by atoms with E-state index in [9.17, 15) is 9.18 Å². The van der Waals surface area contributed by atoms with E-state index in [1.54, 1.807) is 12.1 Å². The molecule has 2 aromatic rings. The molecular weight excluding hydrogens is 345 g/mol. The molecule has 1 saturated heterocycles. The molecule has 0 aliphatic carbocycles. The first-order valence-electron chi connectivity index (χ1n) is 9.57. The molecule has 1 amide bonds. The Bertz CT molecular complexity index is 784. The van der Waals surface area contributed by atoms with Crippen LogP contribution >= 0.6 is 0 Å². The summed E-state index contributed by atoms with van der Waals surface area (Å²) in [4.78, 5) is 15.0. The number of hydrogen-bond acceptors (Lipinski definition) is 3. The molecule has 0 radical (unpaired) electrons. The van der Waals surface area contributed by atoms with Crippen molar-refractivity contribution in [3.63, 3.8) is 0 Å². The normalized spacial score (nSPS) is 20.0. The molecule has 4 nitrogen and oxygen atoms in total. The lowest BCUT2D eigenvalue weighted by molar-refractivity contribution is -0.136. The van der Waals surface area contributed by atoms with Crippen molar-refractivity contribution in [2.75, 3.05) is 19.7 Å². The lowest BCUT2D eigenvalue weighted by Gasteiger charge is -2.35. The van der Waals surface area contributed by atoms with Gasteiger partial charge in [0.2, 0.25) is 5.91 Å². The van der Waals surface area contributed by atoms with Crippen LogP contribution in [0.25, 0.3) is 0 Å². The molecule has 0 spiro atoms. The monoisotopic (exact) mass is 369 g/mol. The van der Waals surface area contributed by atoms with Crippen molar-refractivity contribution in [3.8, 4) is 5.75 Å². The Labute approximate surface area is 158 Å². The number of carbonyl (C=O) groups excluding carboxylic acids is 1. The first-order chi connectivity index (χ1) is 13.2. The minimum Gasteiger partial charge on any atom is -0.493 e. The number of carbonyl (C=O) groups is 1. The summed E-state index contributed by atoms with van der Waals surface area (Å²) in [6.07, 6.45) is 2.54. The van der Waals surface area contributed by atoms with Gasteiger partial charge < -0.3 is 14.4 Å². The molecule has 2 heterocycles. The number of halogens is 1. The molecule has 0 bridgehead atoms. The SMILES string of the molecule is O=C(C1CCOc2ccccc21)N1CCC(OCc2ccc(F)cc2)CC1. The predicted molar refractivity (Wildman–Crippen MR) is 100 cm³/mol. The van der Waals surface area contributed by atoms with Crippen molar-refractivity contribution in [2.45, 2.75) is 37.9 Å². The summed E-state index contributed by atoms with van der Waals surface area (Å²) >= 11 is 0. The third kappa shape index (κ3) is 4.14. The first-order valence-corrected chi connectivity index (χ1v) is 9.57. The average molecular weight is 369 g/mol. The van der Waals surface area contributed by atoms with Crippen LogP contribution in [-0.4, -0.2) is 36.6 Å². The van der Waals surface area contributed by atoms with Crippen LogP contribution in [0.2, 0.25) is 0 Å². The lowest BCUT2D eigenvalue weighted by atomic mass is 9.91. The number of likely N-dealkylation sites (tertiary alicyclic amines) is 1. The molecule has 1 fully saturated rings. The topological polar surface area (TPSA) is 38.8 Å². The molecule has 1 atom stereocenters. The molecule has 27 heavy (non-hydrogen) atoms. The van der Waals surface area contributed by atoms with Gasteiger partial charge in [0.1, 0.15) is 11.6 Å². The van der Waals surface area contributed by atoms with Crippen LogP contribution in [0.4, 0.5) is 4.39 Å². The maximum atomic E-state index is 13.0. The van der Waals surface area contributed by atoms with Gasteiger partial charge in [-0.1, -0.05) is 30.3 Å². The number of benzene rings is 2. The summed E-state index contributed by atoms with van der Waals surface area (Å²) in [6.45, 7) is 2.50. The Morgan fingerprint density at radius 1 is 1.07 bits per heavy atom. The Kier molecular flexibility index (Phi) is 5.39. The van der Waals surface area contributed by atoms with Crippen molar-refractivity contribution in [3.05, 3.63) is 65.5 Å². The van der Waals surface area contributed by atoms with Gasteiger partial charge in [0, 0.05) is 18.7 Å². The fourth-order valence-corrected chi connectivity index (χ4v) is 3.86. The zero-order valence-corrected chi connectivity index (χ0v) is 15.3. The number of fused-ring (bicyclic) bond motifs is 1. The van der Waals surface area contributed by atoms with Crippen molar-refractivity contribution >= 4 is 5.91 Å². The molecule has 4 rings (SSSR count). The Balaban J connectivity index is 1.30. The molecule has 1 unspecified atom stereocenters. The van der Waals surface area contributed by atoms with Crippen LogP contribution in [0.5, 0.6) is 5.75 Å². The highest BCUT2D eigenvalue weighted by molar-refractivity contribution is 5.85. The van der Waals surface area contributed by atoms with Crippen molar-refractivity contribution < 1.29 is 18.7 Å². The summed E-state index contributed by atoms with van der Waals surface area (Å²) in [5.74, 6) is 0.689. The van der Waals surface area contributed by atoms with Crippen LogP contribution in [0.3, 0.4) is 0 Å². The van der Waals surface area contributed by atoms with Gasteiger partial charge in [0.25, 0.3) is 0 Å². The standard InChI is InChI=1S/C22H24FNO3/c23-17-7-5-16(6-8-17)15-27-18-9-12-24(13-10-18)22(25)20-11-14-26-21-4-2-1-3-19(20)21/h1-8,18,20H,9-15H2. The fourth-order valence-electron chi connectivity index (χ4n) is 3.86. The molecule has 142 valence electrons. The van der Waals surface area contributed by atoms with Crippen LogP contribution in [-0.2, 0) is 16.1 Å². The molecular formula is C22H24FNO3.